The molecule has 2 aromatic heterocycles. The number of nitrogens with zero attached hydrogens (tertiary/aromatic N) is 6. The van der Waals surface area contributed by atoms with Gasteiger partial charge in [-0.1, -0.05) is 48.5 Å². The Bertz CT molecular complexity index is 887. The van der Waals surface area contributed by atoms with Crippen LogP contribution in [0.3, 0.4) is 0 Å². The van der Waals surface area contributed by atoms with Crippen molar-refractivity contribution in [2.24, 2.45) is 0 Å². The zero-order valence-corrected chi connectivity index (χ0v) is 13.2. The Balaban J connectivity index is 2.03. The van der Waals surface area contributed by atoms with Crippen molar-refractivity contribution >= 4 is 22.1 Å². The Morgan fingerprint density at radius 1 is 0.739 bits per heavy atom. The topological polar surface area (TPSA) is 61.4 Å². The first kappa shape index (κ1) is 13.9. The molecular formula is C17H18N6. The lowest BCUT2D eigenvalue weighted by Gasteiger charge is -2.32. The van der Waals surface area contributed by atoms with Crippen molar-refractivity contribution in [1.29, 1.82) is 0 Å². The standard InChI is InChI=1S/C17H18N6/c1-3-17(4-2,22-15-11-7-5-9-13(15)18-20-22)23-16-12-8-6-10-14(16)19-21-23/h5-12H,3-4H2,1-2H3. The molecule has 0 saturated heterocycles. The highest BCUT2D eigenvalue weighted by atomic mass is 15.6. The first-order valence-corrected chi connectivity index (χ1v) is 7.92. The number of fused-ring (bicyclic) bond motifs is 2. The summed E-state index contributed by atoms with van der Waals surface area (Å²) in [4.78, 5) is 0. The summed E-state index contributed by atoms with van der Waals surface area (Å²) in [6.45, 7) is 4.30. The average Bonchev–Trinajstić information content (AvgIpc) is 3.23. The molecular weight excluding hydrogens is 288 g/mol. The molecule has 116 valence electrons. The predicted octanol–water partition coefficient (Wildman–Crippen LogP) is 3.20. The summed E-state index contributed by atoms with van der Waals surface area (Å²) in [6, 6.07) is 16.0. The molecule has 0 unspecified atom stereocenters. The zero-order chi connectivity index (χ0) is 15.9. The van der Waals surface area contributed by atoms with Crippen molar-refractivity contribution in [3.63, 3.8) is 0 Å². The molecule has 6 heteroatoms. The molecule has 0 N–H and O–H groups in total. The van der Waals surface area contributed by atoms with E-state index in [0.717, 1.165) is 34.9 Å². The third kappa shape index (κ3) is 1.87. The molecule has 4 rings (SSSR count). The lowest BCUT2D eigenvalue weighted by molar-refractivity contribution is 0.170. The van der Waals surface area contributed by atoms with E-state index < -0.39 is 5.66 Å². The van der Waals surface area contributed by atoms with E-state index in [0.29, 0.717) is 0 Å². The number of rotatable bonds is 4. The largest absolute Gasteiger partial charge is 0.217 e. The maximum absolute atomic E-state index is 4.45. The highest BCUT2D eigenvalue weighted by Crippen LogP contribution is 2.31. The molecule has 0 amide bonds. The smallest absolute Gasteiger partial charge is 0.158 e. The van der Waals surface area contributed by atoms with Gasteiger partial charge in [-0.15, -0.1) is 10.2 Å². The highest BCUT2D eigenvalue weighted by molar-refractivity contribution is 5.76. The zero-order valence-electron chi connectivity index (χ0n) is 13.2. The van der Waals surface area contributed by atoms with Crippen LogP contribution in [-0.4, -0.2) is 30.0 Å². The van der Waals surface area contributed by atoms with Crippen molar-refractivity contribution in [3.8, 4) is 0 Å². The van der Waals surface area contributed by atoms with E-state index >= 15 is 0 Å². The van der Waals surface area contributed by atoms with Gasteiger partial charge in [0.25, 0.3) is 0 Å². The second kappa shape index (κ2) is 5.15. The number of benzene rings is 2. The summed E-state index contributed by atoms with van der Waals surface area (Å²) in [7, 11) is 0. The maximum atomic E-state index is 4.45. The van der Waals surface area contributed by atoms with Crippen LogP contribution in [-0.2, 0) is 5.66 Å². The fraction of sp³-hybridized carbons (Fsp3) is 0.294. The van der Waals surface area contributed by atoms with E-state index in [2.05, 4.69) is 46.6 Å². The molecule has 23 heavy (non-hydrogen) atoms. The highest BCUT2D eigenvalue weighted by Gasteiger charge is 2.35. The number of aromatic nitrogens is 6. The predicted molar refractivity (Wildman–Crippen MR) is 89.0 cm³/mol. The fourth-order valence-corrected chi connectivity index (χ4v) is 3.29. The average molecular weight is 306 g/mol. The number of hydrogen-bond donors (Lipinski definition) is 0. The Kier molecular flexibility index (Phi) is 3.11. The lowest BCUT2D eigenvalue weighted by atomic mass is 10.0. The van der Waals surface area contributed by atoms with Gasteiger partial charge in [0, 0.05) is 0 Å². The van der Waals surface area contributed by atoms with Crippen LogP contribution in [0.15, 0.2) is 48.5 Å². The summed E-state index contributed by atoms with van der Waals surface area (Å²) >= 11 is 0. The molecule has 0 radical (unpaired) electrons. The van der Waals surface area contributed by atoms with Crippen molar-refractivity contribution < 1.29 is 0 Å². The molecule has 0 aliphatic carbocycles. The molecule has 0 aliphatic heterocycles. The molecule has 0 atom stereocenters. The van der Waals surface area contributed by atoms with Gasteiger partial charge in [0.2, 0.25) is 0 Å². The first-order valence-electron chi connectivity index (χ1n) is 7.92. The van der Waals surface area contributed by atoms with E-state index in [-0.39, 0.29) is 0 Å². The van der Waals surface area contributed by atoms with E-state index in [9.17, 15) is 0 Å². The van der Waals surface area contributed by atoms with Crippen molar-refractivity contribution in [1.82, 2.24) is 30.0 Å². The second-order valence-corrected chi connectivity index (χ2v) is 5.67. The Morgan fingerprint density at radius 2 is 1.17 bits per heavy atom. The summed E-state index contributed by atoms with van der Waals surface area (Å²) in [6.07, 6.45) is 1.68. The van der Waals surface area contributed by atoms with Crippen LogP contribution in [0.1, 0.15) is 26.7 Å². The normalized spacial score (nSPS) is 12.3. The van der Waals surface area contributed by atoms with Gasteiger partial charge in [-0.3, -0.25) is 0 Å². The van der Waals surface area contributed by atoms with Gasteiger partial charge in [-0.05, 0) is 37.1 Å². The van der Waals surface area contributed by atoms with Gasteiger partial charge >= 0.3 is 0 Å². The van der Waals surface area contributed by atoms with Crippen LogP contribution in [0.25, 0.3) is 22.1 Å². The fourth-order valence-electron chi connectivity index (χ4n) is 3.29. The molecule has 0 saturated carbocycles. The van der Waals surface area contributed by atoms with Gasteiger partial charge in [0.15, 0.2) is 5.66 Å². The monoisotopic (exact) mass is 306 g/mol. The van der Waals surface area contributed by atoms with Gasteiger partial charge in [0.1, 0.15) is 11.0 Å². The van der Waals surface area contributed by atoms with E-state index in [1.165, 1.54) is 0 Å². The Morgan fingerprint density at radius 3 is 1.61 bits per heavy atom. The molecule has 0 bridgehead atoms. The summed E-state index contributed by atoms with van der Waals surface area (Å²) in [5, 5.41) is 17.5. The third-order valence-electron chi connectivity index (χ3n) is 4.62. The second-order valence-electron chi connectivity index (χ2n) is 5.67. The van der Waals surface area contributed by atoms with Gasteiger partial charge in [-0.2, -0.15) is 0 Å². The summed E-state index contributed by atoms with van der Waals surface area (Å²) < 4.78 is 3.98. The molecule has 6 nitrogen and oxygen atoms in total. The SMILES string of the molecule is CCC(CC)(n1nnc2ccccc21)n1nnc2ccccc21. The molecule has 4 aromatic rings. The third-order valence-corrected chi connectivity index (χ3v) is 4.62. The van der Waals surface area contributed by atoms with Crippen LogP contribution in [0.5, 0.6) is 0 Å². The van der Waals surface area contributed by atoms with E-state index in [4.69, 9.17) is 0 Å². The number of hydrogen-bond acceptors (Lipinski definition) is 4. The quantitative estimate of drug-likeness (QED) is 0.581. The minimum atomic E-state index is -0.424. The first-order chi connectivity index (χ1) is 11.3. The van der Waals surface area contributed by atoms with Crippen molar-refractivity contribution in [2.75, 3.05) is 0 Å². The maximum Gasteiger partial charge on any atom is 0.158 e. The minimum Gasteiger partial charge on any atom is -0.217 e. The van der Waals surface area contributed by atoms with Crippen LogP contribution in [0.4, 0.5) is 0 Å². The van der Waals surface area contributed by atoms with E-state index in [1.807, 2.05) is 45.8 Å². The Hall–Kier alpha value is -2.76. The van der Waals surface area contributed by atoms with Crippen molar-refractivity contribution in [3.05, 3.63) is 48.5 Å². The van der Waals surface area contributed by atoms with Crippen LogP contribution >= 0.6 is 0 Å². The lowest BCUT2D eigenvalue weighted by Crippen LogP contribution is -2.41. The number of para-hydroxylation sites is 2. The van der Waals surface area contributed by atoms with E-state index in [1.54, 1.807) is 0 Å². The van der Waals surface area contributed by atoms with Gasteiger partial charge < -0.3 is 0 Å². The molecule has 0 spiro atoms. The molecule has 2 heterocycles. The summed E-state index contributed by atoms with van der Waals surface area (Å²) in [5.74, 6) is 0. The van der Waals surface area contributed by atoms with Gasteiger partial charge in [-0.25, -0.2) is 9.36 Å². The Labute approximate surface area is 133 Å². The van der Waals surface area contributed by atoms with Crippen LogP contribution in [0.2, 0.25) is 0 Å². The van der Waals surface area contributed by atoms with Crippen LogP contribution < -0.4 is 0 Å². The van der Waals surface area contributed by atoms with Gasteiger partial charge in [0.05, 0.1) is 11.0 Å². The van der Waals surface area contributed by atoms with Crippen molar-refractivity contribution in [2.45, 2.75) is 32.4 Å². The van der Waals surface area contributed by atoms with Crippen LogP contribution in [0, 0.1) is 0 Å². The molecule has 2 aromatic carbocycles. The molecule has 0 aliphatic rings. The molecule has 0 fully saturated rings. The minimum absolute atomic E-state index is 0.424. The summed E-state index contributed by atoms with van der Waals surface area (Å²) in [5.41, 5.74) is 3.38.